The van der Waals surface area contributed by atoms with E-state index in [9.17, 15) is 4.21 Å². The molecular formula is C14H19ClN2OS. The van der Waals surface area contributed by atoms with E-state index in [1.165, 1.54) is 11.1 Å². The number of nitrogens with zero attached hydrogens (tertiary/aromatic N) is 2. The smallest absolute Gasteiger partial charge is 0.124 e. The molecule has 5 heteroatoms. The minimum absolute atomic E-state index is 0.380. The lowest BCUT2D eigenvalue weighted by atomic mass is 10.1. The maximum absolute atomic E-state index is 11.6. The third kappa shape index (κ3) is 3.00. The molecule has 2 aromatic rings. The first-order chi connectivity index (χ1) is 9.06. The monoisotopic (exact) mass is 298 g/mol. The van der Waals surface area contributed by atoms with Gasteiger partial charge >= 0.3 is 0 Å². The highest BCUT2D eigenvalue weighted by Gasteiger charge is 2.11. The van der Waals surface area contributed by atoms with Crippen molar-refractivity contribution in [2.75, 3.05) is 11.5 Å². The standard InChI is InChI=1S/C14H19ClN2OS/c1-4-19(18)6-5-17-13-8-11(3)10(2)7-12(13)16-14(17)9-15/h7-8H,4-6,9H2,1-3H3. The largest absolute Gasteiger partial charge is 0.326 e. The number of aryl methyl sites for hydroxylation is 3. The van der Waals surface area contributed by atoms with Crippen LogP contribution in [0.25, 0.3) is 11.0 Å². The summed E-state index contributed by atoms with van der Waals surface area (Å²) in [7, 11) is -0.766. The summed E-state index contributed by atoms with van der Waals surface area (Å²) in [6.45, 7) is 6.83. The summed E-state index contributed by atoms with van der Waals surface area (Å²) in [5.74, 6) is 2.58. The molecule has 0 aliphatic heterocycles. The molecule has 0 aliphatic carbocycles. The van der Waals surface area contributed by atoms with Gasteiger partial charge in [0.25, 0.3) is 0 Å². The van der Waals surface area contributed by atoms with Crippen LogP contribution in [-0.2, 0) is 23.2 Å². The molecular weight excluding hydrogens is 280 g/mol. The number of alkyl halides is 1. The predicted molar refractivity (Wildman–Crippen MR) is 82.3 cm³/mol. The number of rotatable bonds is 5. The van der Waals surface area contributed by atoms with Gasteiger partial charge in [-0.05, 0) is 37.1 Å². The number of benzene rings is 1. The number of halogens is 1. The highest BCUT2D eigenvalue weighted by molar-refractivity contribution is 7.84. The quantitative estimate of drug-likeness (QED) is 0.795. The Morgan fingerprint density at radius 2 is 2.00 bits per heavy atom. The van der Waals surface area contributed by atoms with Crippen LogP contribution < -0.4 is 0 Å². The summed E-state index contributed by atoms with van der Waals surface area (Å²) in [4.78, 5) is 4.57. The summed E-state index contributed by atoms with van der Waals surface area (Å²) in [5.41, 5.74) is 4.54. The number of imidazole rings is 1. The van der Waals surface area contributed by atoms with E-state index >= 15 is 0 Å². The van der Waals surface area contributed by atoms with Gasteiger partial charge in [-0.1, -0.05) is 6.92 Å². The van der Waals surface area contributed by atoms with Crippen molar-refractivity contribution in [1.82, 2.24) is 9.55 Å². The lowest BCUT2D eigenvalue weighted by molar-refractivity contribution is 0.673. The molecule has 0 fully saturated rings. The Labute approximate surface area is 121 Å². The van der Waals surface area contributed by atoms with Crippen molar-refractivity contribution in [2.24, 2.45) is 0 Å². The van der Waals surface area contributed by atoms with Gasteiger partial charge in [0.05, 0.1) is 16.9 Å². The van der Waals surface area contributed by atoms with Crippen LogP contribution in [0.5, 0.6) is 0 Å². The molecule has 0 saturated heterocycles. The summed E-state index contributed by atoms with van der Waals surface area (Å²) in [6, 6.07) is 4.23. The molecule has 0 bridgehead atoms. The first-order valence-electron chi connectivity index (χ1n) is 6.44. The van der Waals surface area contributed by atoms with Crippen molar-refractivity contribution >= 4 is 33.4 Å². The lowest BCUT2D eigenvalue weighted by Crippen LogP contribution is -2.11. The zero-order valence-electron chi connectivity index (χ0n) is 11.6. The zero-order valence-corrected chi connectivity index (χ0v) is 13.1. The van der Waals surface area contributed by atoms with Crippen LogP contribution in [0.15, 0.2) is 12.1 Å². The van der Waals surface area contributed by atoms with Gasteiger partial charge < -0.3 is 4.57 Å². The molecule has 1 aromatic carbocycles. The van der Waals surface area contributed by atoms with Crippen molar-refractivity contribution in [2.45, 2.75) is 33.2 Å². The summed E-state index contributed by atoms with van der Waals surface area (Å²) in [5, 5.41) is 0. The minimum Gasteiger partial charge on any atom is -0.326 e. The fraction of sp³-hybridized carbons (Fsp3) is 0.500. The van der Waals surface area contributed by atoms with Crippen LogP contribution in [-0.4, -0.2) is 25.3 Å². The molecule has 3 nitrogen and oxygen atoms in total. The molecule has 1 unspecified atom stereocenters. The molecule has 0 radical (unpaired) electrons. The molecule has 1 atom stereocenters. The molecule has 19 heavy (non-hydrogen) atoms. The normalized spacial score (nSPS) is 13.1. The third-order valence-corrected chi connectivity index (χ3v) is 4.95. The zero-order chi connectivity index (χ0) is 14.0. The van der Waals surface area contributed by atoms with Crippen molar-refractivity contribution in [3.8, 4) is 0 Å². The van der Waals surface area contributed by atoms with E-state index in [1.807, 2.05) is 6.92 Å². The molecule has 1 aromatic heterocycles. The Morgan fingerprint density at radius 3 is 2.63 bits per heavy atom. The third-order valence-electron chi connectivity index (χ3n) is 3.43. The Bertz CT molecular complexity index is 621. The fourth-order valence-corrected chi connectivity index (χ4v) is 3.00. The molecule has 0 saturated carbocycles. The van der Waals surface area contributed by atoms with Crippen LogP contribution in [0.4, 0.5) is 0 Å². The maximum atomic E-state index is 11.6. The van der Waals surface area contributed by atoms with Gasteiger partial charge in [0, 0.05) is 28.9 Å². The van der Waals surface area contributed by atoms with E-state index in [4.69, 9.17) is 11.6 Å². The van der Waals surface area contributed by atoms with E-state index < -0.39 is 10.8 Å². The van der Waals surface area contributed by atoms with Crippen LogP contribution in [0.2, 0.25) is 0 Å². The summed E-state index contributed by atoms with van der Waals surface area (Å²) < 4.78 is 13.7. The van der Waals surface area contributed by atoms with E-state index in [0.717, 1.165) is 16.9 Å². The van der Waals surface area contributed by atoms with Gasteiger partial charge in [-0.3, -0.25) is 4.21 Å². The van der Waals surface area contributed by atoms with Crippen molar-refractivity contribution < 1.29 is 4.21 Å². The van der Waals surface area contributed by atoms with Gasteiger partial charge in [0.2, 0.25) is 0 Å². The van der Waals surface area contributed by atoms with Crippen molar-refractivity contribution in [1.29, 1.82) is 0 Å². The van der Waals surface area contributed by atoms with E-state index in [2.05, 4.69) is 35.5 Å². The van der Waals surface area contributed by atoms with Gasteiger partial charge in [-0.2, -0.15) is 0 Å². The molecule has 1 heterocycles. The number of aromatic nitrogens is 2. The van der Waals surface area contributed by atoms with E-state index in [0.29, 0.717) is 23.9 Å². The molecule has 104 valence electrons. The SMILES string of the molecule is CCS(=O)CCn1c(CCl)nc2cc(C)c(C)cc21. The van der Waals surface area contributed by atoms with Crippen molar-refractivity contribution in [3.05, 3.63) is 29.1 Å². The topological polar surface area (TPSA) is 34.9 Å². The van der Waals surface area contributed by atoms with Crippen LogP contribution in [0, 0.1) is 13.8 Å². The predicted octanol–water partition coefficient (Wildman–Crippen LogP) is 3.16. The highest BCUT2D eigenvalue weighted by atomic mass is 35.5. The molecule has 0 amide bonds. The Balaban J connectivity index is 2.44. The van der Waals surface area contributed by atoms with Crippen LogP contribution in [0.1, 0.15) is 23.9 Å². The summed E-state index contributed by atoms with van der Waals surface area (Å²) in [6.07, 6.45) is 0. The minimum atomic E-state index is -0.766. The first-order valence-corrected chi connectivity index (χ1v) is 8.46. The number of fused-ring (bicyclic) bond motifs is 1. The Morgan fingerprint density at radius 1 is 1.32 bits per heavy atom. The molecule has 0 N–H and O–H groups in total. The van der Waals surface area contributed by atoms with Gasteiger partial charge in [-0.15, -0.1) is 11.6 Å². The van der Waals surface area contributed by atoms with Crippen molar-refractivity contribution in [3.63, 3.8) is 0 Å². The van der Waals surface area contributed by atoms with Crippen LogP contribution in [0.3, 0.4) is 0 Å². The molecule has 0 spiro atoms. The molecule has 0 aliphatic rings. The van der Waals surface area contributed by atoms with Gasteiger partial charge in [-0.25, -0.2) is 4.98 Å². The van der Waals surface area contributed by atoms with Gasteiger partial charge in [0.15, 0.2) is 0 Å². The average Bonchev–Trinajstić information content (AvgIpc) is 2.73. The Kier molecular flexibility index (Phi) is 4.63. The van der Waals surface area contributed by atoms with E-state index in [1.54, 1.807) is 0 Å². The second-order valence-corrected chi connectivity index (χ2v) is 6.80. The maximum Gasteiger partial charge on any atom is 0.124 e. The van der Waals surface area contributed by atoms with Crippen LogP contribution >= 0.6 is 11.6 Å². The van der Waals surface area contributed by atoms with E-state index in [-0.39, 0.29) is 0 Å². The Hall–Kier alpha value is -0.870. The highest BCUT2D eigenvalue weighted by Crippen LogP contribution is 2.21. The van der Waals surface area contributed by atoms with Gasteiger partial charge in [0.1, 0.15) is 5.82 Å². The first kappa shape index (κ1) is 14.5. The number of hydrogen-bond donors (Lipinski definition) is 0. The molecule has 2 rings (SSSR count). The second-order valence-electron chi connectivity index (χ2n) is 4.67. The fourth-order valence-electron chi connectivity index (χ4n) is 2.12. The second kappa shape index (κ2) is 6.06. The number of hydrogen-bond acceptors (Lipinski definition) is 2. The summed E-state index contributed by atoms with van der Waals surface area (Å²) >= 11 is 5.97. The lowest BCUT2D eigenvalue weighted by Gasteiger charge is -2.08. The average molecular weight is 299 g/mol.